The van der Waals surface area contributed by atoms with Gasteiger partial charge in [0.2, 0.25) is 0 Å². The van der Waals surface area contributed by atoms with Crippen molar-refractivity contribution in [3.8, 4) is 0 Å². The average Bonchev–Trinajstić information content (AvgIpc) is 2.85. The highest BCUT2D eigenvalue weighted by Gasteiger charge is 2.33. The number of carbonyl (C=O) groups is 4. The topological polar surface area (TPSA) is 118 Å². The van der Waals surface area contributed by atoms with E-state index in [1.807, 2.05) is 4.72 Å². The normalized spacial score (nSPS) is 13.5. The predicted octanol–water partition coefficient (Wildman–Crippen LogP) is 1.23. The number of amides is 3. The maximum Gasteiger partial charge on any atom is 0.265 e. The molecule has 1 N–H and O–H groups in total. The summed E-state index contributed by atoms with van der Waals surface area (Å²) in [6.45, 7) is 1.30. The molecular formula is C18H14N2O6S. The summed E-state index contributed by atoms with van der Waals surface area (Å²) in [5.41, 5.74) is 0.286. The molecule has 0 atom stereocenters. The van der Waals surface area contributed by atoms with Crippen LogP contribution in [-0.4, -0.2) is 43.9 Å². The second kappa shape index (κ2) is 6.44. The summed E-state index contributed by atoms with van der Waals surface area (Å²) in [5.74, 6) is -2.33. The molecule has 0 bridgehead atoms. The summed E-state index contributed by atoms with van der Waals surface area (Å²) in [6, 6.07) is 9.01. The molecule has 0 fully saturated rings. The molecule has 138 valence electrons. The number of sulfonamides is 1. The van der Waals surface area contributed by atoms with Crippen LogP contribution in [0.1, 0.15) is 48.4 Å². The smallest absolute Gasteiger partial charge is 0.265 e. The van der Waals surface area contributed by atoms with Gasteiger partial charge in [0.25, 0.3) is 27.7 Å². The molecule has 9 heteroatoms. The fraction of sp³-hybridized carbons (Fsp3) is 0.111. The van der Waals surface area contributed by atoms with Crippen LogP contribution >= 0.6 is 0 Å². The van der Waals surface area contributed by atoms with E-state index in [-0.39, 0.29) is 32.9 Å². The first-order chi connectivity index (χ1) is 12.6. The number of carbonyl (C=O) groups excluding carboxylic acids is 4. The average molecular weight is 386 g/mol. The van der Waals surface area contributed by atoms with Crippen LogP contribution in [0.15, 0.2) is 47.4 Å². The molecule has 0 saturated heterocycles. The Morgan fingerprint density at radius 1 is 0.926 bits per heavy atom. The fourth-order valence-corrected chi connectivity index (χ4v) is 3.64. The SMILES string of the molecule is CC(=O)c1cccc(S(=O)(=O)NC(=O)c2ccc3c(c2)C(=O)N(C)C3=O)c1. The summed E-state index contributed by atoms with van der Waals surface area (Å²) in [5, 5.41) is 0. The van der Waals surface area contributed by atoms with Gasteiger partial charge in [0.1, 0.15) is 0 Å². The Bertz CT molecular complexity index is 1120. The van der Waals surface area contributed by atoms with E-state index in [2.05, 4.69) is 0 Å². The van der Waals surface area contributed by atoms with Gasteiger partial charge in [-0.2, -0.15) is 0 Å². The van der Waals surface area contributed by atoms with E-state index < -0.39 is 27.7 Å². The first-order valence-corrected chi connectivity index (χ1v) is 9.25. The van der Waals surface area contributed by atoms with Crippen molar-refractivity contribution in [2.24, 2.45) is 0 Å². The highest BCUT2D eigenvalue weighted by atomic mass is 32.2. The maximum absolute atomic E-state index is 12.4. The Balaban J connectivity index is 1.90. The molecule has 1 aliphatic rings. The van der Waals surface area contributed by atoms with Gasteiger partial charge in [-0.15, -0.1) is 0 Å². The van der Waals surface area contributed by atoms with Gasteiger partial charge in [-0.25, -0.2) is 13.1 Å². The van der Waals surface area contributed by atoms with Crippen LogP contribution in [0.25, 0.3) is 0 Å². The summed E-state index contributed by atoms with van der Waals surface area (Å²) >= 11 is 0. The largest absolute Gasteiger partial charge is 0.295 e. The quantitative estimate of drug-likeness (QED) is 0.624. The summed E-state index contributed by atoms with van der Waals surface area (Å²) < 4.78 is 26.7. The van der Waals surface area contributed by atoms with Crippen molar-refractivity contribution < 1.29 is 27.6 Å². The van der Waals surface area contributed by atoms with E-state index >= 15 is 0 Å². The van der Waals surface area contributed by atoms with E-state index in [9.17, 15) is 27.6 Å². The van der Waals surface area contributed by atoms with Gasteiger partial charge in [0, 0.05) is 18.2 Å². The Labute approximate surface area is 154 Å². The summed E-state index contributed by atoms with van der Waals surface area (Å²) in [6.07, 6.45) is 0. The first kappa shape index (κ1) is 18.5. The van der Waals surface area contributed by atoms with Crippen LogP contribution < -0.4 is 4.72 Å². The van der Waals surface area contributed by atoms with E-state index in [1.54, 1.807) is 0 Å². The van der Waals surface area contributed by atoms with Crippen LogP contribution in [0.5, 0.6) is 0 Å². The van der Waals surface area contributed by atoms with Gasteiger partial charge in [-0.1, -0.05) is 12.1 Å². The minimum absolute atomic E-state index is 0.0334. The highest BCUT2D eigenvalue weighted by Crippen LogP contribution is 2.23. The number of nitrogens with one attached hydrogen (secondary N) is 1. The number of rotatable bonds is 4. The first-order valence-electron chi connectivity index (χ1n) is 7.76. The summed E-state index contributed by atoms with van der Waals surface area (Å²) in [7, 11) is -2.91. The zero-order valence-electron chi connectivity index (χ0n) is 14.3. The molecule has 2 aromatic carbocycles. The Morgan fingerprint density at radius 2 is 1.59 bits per heavy atom. The van der Waals surface area contributed by atoms with Crippen LogP contribution in [0.3, 0.4) is 0 Å². The van der Waals surface area contributed by atoms with E-state index in [0.717, 1.165) is 11.0 Å². The lowest BCUT2D eigenvalue weighted by atomic mass is 10.1. The van der Waals surface area contributed by atoms with Crippen LogP contribution in [0.2, 0.25) is 0 Å². The van der Waals surface area contributed by atoms with Crippen molar-refractivity contribution in [1.82, 2.24) is 9.62 Å². The second-order valence-corrected chi connectivity index (χ2v) is 7.63. The van der Waals surface area contributed by atoms with Crippen LogP contribution in [-0.2, 0) is 10.0 Å². The number of fused-ring (bicyclic) bond motifs is 1. The monoisotopic (exact) mass is 386 g/mol. The lowest BCUT2D eigenvalue weighted by Crippen LogP contribution is -2.30. The van der Waals surface area contributed by atoms with Gasteiger partial charge in [-0.05, 0) is 37.3 Å². The molecule has 0 aliphatic carbocycles. The molecule has 0 spiro atoms. The zero-order chi connectivity index (χ0) is 19.9. The van der Waals surface area contributed by atoms with E-state index in [0.29, 0.717) is 0 Å². The molecule has 3 amide bonds. The standard InChI is InChI=1S/C18H14N2O6S/c1-10(21)11-4-3-5-13(8-11)27(25,26)19-16(22)12-6-7-14-15(9-12)18(24)20(2)17(14)23/h3-9H,1-2H3,(H,19,22). The van der Waals surface area contributed by atoms with Gasteiger partial charge in [0.15, 0.2) is 5.78 Å². The molecule has 0 radical (unpaired) electrons. The molecule has 3 rings (SSSR count). The van der Waals surface area contributed by atoms with Crippen molar-refractivity contribution >= 4 is 33.5 Å². The van der Waals surface area contributed by atoms with Crippen LogP contribution in [0.4, 0.5) is 0 Å². The lowest BCUT2D eigenvalue weighted by molar-refractivity contribution is 0.0692. The third-order valence-electron chi connectivity index (χ3n) is 4.13. The number of benzene rings is 2. The lowest BCUT2D eigenvalue weighted by Gasteiger charge is -2.08. The molecule has 8 nitrogen and oxygen atoms in total. The molecule has 0 unspecified atom stereocenters. The Hall–Kier alpha value is -3.33. The Kier molecular flexibility index (Phi) is 4.40. The molecule has 2 aromatic rings. The third kappa shape index (κ3) is 3.24. The maximum atomic E-state index is 12.4. The number of imide groups is 1. The van der Waals surface area contributed by atoms with Gasteiger partial charge >= 0.3 is 0 Å². The third-order valence-corrected chi connectivity index (χ3v) is 5.46. The number of hydrogen-bond donors (Lipinski definition) is 1. The Morgan fingerprint density at radius 3 is 2.26 bits per heavy atom. The number of ketones is 1. The molecular weight excluding hydrogens is 372 g/mol. The molecule has 1 aliphatic heterocycles. The molecule has 1 heterocycles. The van der Waals surface area contributed by atoms with Crippen molar-refractivity contribution in [1.29, 1.82) is 0 Å². The van der Waals surface area contributed by atoms with Crippen molar-refractivity contribution in [2.45, 2.75) is 11.8 Å². The van der Waals surface area contributed by atoms with Crippen molar-refractivity contribution in [2.75, 3.05) is 7.05 Å². The molecule has 0 saturated carbocycles. The number of nitrogens with zero attached hydrogens (tertiary/aromatic N) is 1. The molecule has 0 aromatic heterocycles. The minimum Gasteiger partial charge on any atom is -0.295 e. The van der Waals surface area contributed by atoms with Crippen LogP contribution in [0, 0.1) is 0 Å². The second-order valence-electron chi connectivity index (χ2n) is 5.95. The van der Waals surface area contributed by atoms with Gasteiger partial charge in [0.05, 0.1) is 16.0 Å². The van der Waals surface area contributed by atoms with Gasteiger partial charge in [-0.3, -0.25) is 24.1 Å². The van der Waals surface area contributed by atoms with Crippen molar-refractivity contribution in [3.63, 3.8) is 0 Å². The zero-order valence-corrected chi connectivity index (χ0v) is 15.2. The van der Waals surface area contributed by atoms with Crippen molar-refractivity contribution in [3.05, 3.63) is 64.7 Å². The number of Topliss-reactive ketones (excluding diaryl/α,β-unsaturated/α-hetero) is 1. The predicted molar refractivity (Wildman–Crippen MR) is 94.0 cm³/mol. The fourth-order valence-electron chi connectivity index (χ4n) is 2.62. The highest BCUT2D eigenvalue weighted by molar-refractivity contribution is 7.90. The summed E-state index contributed by atoms with van der Waals surface area (Å²) in [4.78, 5) is 48.3. The minimum atomic E-state index is -4.23. The van der Waals surface area contributed by atoms with E-state index in [1.165, 1.54) is 50.4 Å². The van der Waals surface area contributed by atoms with E-state index in [4.69, 9.17) is 0 Å². The molecule has 27 heavy (non-hydrogen) atoms. The van der Waals surface area contributed by atoms with Gasteiger partial charge < -0.3 is 0 Å². The number of hydrogen-bond acceptors (Lipinski definition) is 6.